The summed E-state index contributed by atoms with van der Waals surface area (Å²) in [5.41, 5.74) is 3.35. The minimum atomic E-state index is -5.17. The second-order valence-electron chi connectivity index (χ2n) is 5.43. The van der Waals surface area contributed by atoms with Crippen LogP contribution < -0.4 is 9.80 Å². The maximum absolute atomic E-state index is 8.52. The molecule has 0 spiro atoms. The van der Waals surface area contributed by atoms with Gasteiger partial charge in [-0.25, -0.2) is 0 Å². The highest BCUT2D eigenvalue weighted by molar-refractivity contribution is 7.79. The molecular weight excluding hydrogens is 372 g/mol. The summed E-state index contributed by atoms with van der Waals surface area (Å²) in [5, 5.41) is 16.8. The van der Waals surface area contributed by atoms with Crippen molar-refractivity contribution in [3.05, 3.63) is 58.5 Å². The molecule has 2 aromatic carbocycles. The molecule has 144 valence electrons. The van der Waals surface area contributed by atoms with Gasteiger partial charge in [0, 0.05) is 74.2 Å². The molecule has 27 heavy (non-hydrogen) atoms. The van der Waals surface area contributed by atoms with Gasteiger partial charge >= 0.3 is 11.4 Å². The average molecular weight is 392 g/mol. The molecule has 0 fully saturated rings. The first-order valence-electron chi connectivity index (χ1n) is 7.39. The molecule has 0 aliphatic carbocycles. The van der Waals surface area contributed by atoms with Gasteiger partial charge in [0.15, 0.2) is 9.95 Å². The second kappa shape index (κ2) is 11.4. The molecule has 0 unspecified atom stereocenters. The summed E-state index contributed by atoms with van der Waals surface area (Å²) in [7, 11) is 2.69. The Labute approximate surface area is 158 Å². The maximum atomic E-state index is 8.52. The molecule has 0 aliphatic heterocycles. The number of nitrogens with zero attached hydrogens (tertiary/aromatic N) is 6. The summed E-state index contributed by atoms with van der Waals surface area (Å²) < 4.78 is 34.1. The Bertz CT molecular complexity index is 813. The van der Waals surface area contributed by atoms with Crippen LogP contribution in [0.15, 0.2) is 48.5 Å². The third-order valence-corrected chi connectivity index (χ3v) is 2.96. The van der Waals surface area contributed by atoms with Gasteiger partial charge in [0.25, 0.3) is 0 Å². The van der Waals surface area contributed by atoms with Gasteiger partial charge in [0.2, 0.25) is 10.8 Å². The molecule has 10 nitrogen and oxygen atoms in total. The minimum Gasteiger partial charge on any atom is -0.759 e. The SMILES string of the molecule is CN(C)c1ccc([N+]#N)cc1.CN(C)c1ccc([N+]#N)cc1.O=S(=O)([O-])[O-]. The Balaban J connectivity index is 0.000000405. The molecule has 0 N–H and O–H groups in total. The summed E-state index contributed by atoms with van der Waals surface area (Å²) in [6.07, 6.45) is 0. The van der Waals surface area contributed by atoms with E-state index in [-0.39, 0.29) is 0 Å². The van der Waals surface area contributed by atoms with E-state index < -0.39 is 10.4 Å². The largest absolute Gasteiger partial charge is 0.759 e. The van der Waals surface area contributed by atoms with Crippen molar-refractivity contribution in [2.45, 2.75) is 0 Å². The van der Waals surface area contributed by atoms with E-state index in [1.165, 1.54) is 0 Å². The van der Waals surface area contributed by atoms with Crippen molar-refractivity contribution < 1.29 is 17.5 Å². The van der Waals surface area contributed by atoms with E-state index in [2.05, 4.69) is 9.95 Å². The molecule has 0 amide bonds. The van der Waals surface area contributed by atoms with Gasteiger partial charge in [-0.1, -0.05) is 0 Å². The molecule has 0 radical (unpaired) electrons. The smallest absolute Gasteiger partial charge is 0.385 e. The van der Waals surface area contributed by atoms with E-state index >= 15 is 0 Å². The average Bonchev–Trinajstić information content (AvgIpc) is 2.61. The van der Waals surface area contributed by atoms with Crippen molar-refractivity contribution in [2.24, 2.45) is 0 Å². The minimum absolute atomic E-state index is 0.579. The lowest BCUT2D eigenvalue weighted by Crippen LogP contribution is -2.07. The van der Waals surface area contributed by atoms with Crippen LogP contribution in [0.1, 0.15) is 0 Å². The molecule has 0 atom stereocenters. The molecule has 0 heterocycles. The van der Waals surface area contributed by atoms with Crippen LogP contribution in [0.5, 0.6) is 0 Å². The number of benzene rings is 2. The third-order valence-electron chi connectivity index (χ3n) is 2.96. The van der Waals surface area contributed by atoms with Crippen LogP contribution in [0.25, 0.3) is 9.95 Å². The fraction of sp³-hybridized carbons (Fsp3) is 0.250. The highest BCUT2D eigenvalue weighted by atomic mass is 32.3. The monoisotopic (exact) mass is 392 g/mol. The van der Waals surface area contributed by atoms with Crippen LogP contribution in [0.3, 0.4) is 0 Å². The third kappa shape index (κ3) is 11.9. The summed E-state index contributed by atoms with van der Waals surface area (Å²) >= 11 is 0. The number of anilines is 2. The van der Waals surface area contributed by atoms with Crippen molar-refractivity contribution in [3.8, 4) is 0 Å². The van der Waals surface area contributed by atoms with Crippen molar-refractivity contribution in [1.29, 1.82) is 10.8 Å². The highest BCUT2D eigenvalue weighted by Gasteiger charge is 2.03. The van der Waals surface area contributed by atoms with Gasteiger partial charge in [-0.05, 0) is 24.3 Å². The van der Waals surface area contributed by atoms with E-state index in [0.717, 1.165) is 11.4 Å². The lowest BCUT2D eigenvalue weighted by Gasteiger charge is -2.09. The first-order valence-corrected chi connectivity index (χ1v) is 8.73. The Morgan fingerprint density at radius 1 is 0.704 bits per heavy atom. The maximum Gasteiger partial charge on any atom is 0.385 e. The van der Waals surface area contributed by atoms with Gasteiger partial charge in [-0.3, -0.25) is 8.42 Å². The standard InChI is InChI=1S/2C8H10N3.H2O4S/c2*1-11(2)8-5-3-7(10-9)4-6-8;1-5(2,3)4/h2*3-6H,1-2H3;(H2,1,2,3,4)/q2*+1;/p-2. The predicted octanol–water partition coefficient (Wildman–Crippen LogP) is 3.14. The lowest BCUT2D eigenvalue weighted by atomic mass is 10.3. The van der Waals surface area contributed by atoms with Crippen molar-refractivity contribution in [2.75, 3.05) is 38.0 Å². The van der Waals surface area contributed by atoms with E-state index in [4.69, 9.17) is 28.3 Å². The zero-order valence-corrected chi connectivity index (χ0v) is 16.2. The Morgan fingerprint density at radius 3 is 1.07 bits per heavy atom. The topological polar surface area (TPSA) is 143 Å². The number of hydrogen-bond acceptors (Lipinski definition) is 8. The molecule has 0 bridgehead atoms. The molecular formula is C16H20N6O4S. The molecule has 0 aromatic heterocycles. The summed E-state index contributed by atoms with van der Waals surface area (Å²) in [5.74, 6) is 0. The number of rotatable bonds is 2. The fourth-order valence-corrected chi connectivity index (χ4v) is 1.63. The first-order chi connectivity index (χ1) is 12.5. The zero-order valence-electron chi connectivity index (χ0n) is 15.3. The van der Waals surface area contributed by atoms with Crippen LogP contribution in [-0.2, 0) is 10.4 Å². The number of diazo groups is 2. The van der Waals surface area contributed by atoms with E-state index in [1.807, 2.05) is 62.3 Å². The predicted molar refractivity (Wildman–Crippen MR) is 102 cm³/mol. The van der Waals surface area contributed by atoms with Crippen LogP contribution in [0.4, 0.5) is 22.7 Å². The van der Waals surface area contributed by atoms with Gasteiger partial charge < -0.3 is 18.9 Å². The summed E-state index contributed by atoms with van der Waals surface area (Å²) in [6.45, 7) is 0. The fourth-order valence-electron chi connectivity index (χ4n) is 1.63. The molecule has 0 aliphatic rings. The van der Waals surface area contributed by atoms with Crippen LogP contribution in [0.2, 0.25) is 0 Å². The van der Waals surface area contributed by atoms with E-state index in [1.54, 1.807) is 24.3 Å². The van der Waals surface area contributed by atoms with Gasteiger partial charge in [0.05, 0.1) is 0 Å². The first kappa shape index (κ1) is 23.8. The number of hydrogen-bond donors (Lipinski definition) is 0. The normalized spacial score (nSPS) is 9.33. The highest BCUT2D eigenvalue weighted by Crippen LogP contribution is 2.18. The van der Waals surface area contributed by atoms with Gasteiger partial charge in [-0.2, -0.15) is 0 Å². The summed E-state index contributed by atoms with van der Waals surface area (Å²) in [4.78, 5) is 10.1. The Kier molecular flexibility index (Phi) is 10.0. The Morgan fingerprint density at radius 2 is 0.926 bits per heavy atom. The van der Waals surface area contributed by atoms with Crippen molar-refractivity contribution >= 4 is 33.1 Å². The van der Waals surface area contributed by atoms with Gasteiger partial charge in [0.1, 0.15) is 0 Å². The van der Waals surface area contributed by atoms with Crippen molar-refractivity contribution in [3.63, 3.8) is 0 Å². The van der Waals surface area contributed by atoms with Crippen LogP contribution in [0, 0.1) is 10.8 Å². The Hall–Kier alpha value is -3.25. The van der Waals surface area contributed by atoms with Gasteiger partial charge in [-0.15, -0.1) is 0 Å². The quantitative estimate of drug-likeness (QED) is 0.431. The van der Waals surface area contributed by atoms with Crippen molar-refractivity contribution in [1.82, 2.24) is 0 Å². The molecule has 2 aromatic rings. The molecule has 0 saturated carbocycles. The van der Waals surface area contributed by atoms with Crippen LogP contribution >= 0.6 is 0 Å². The van der Waals surface area contributed by atoms with E-state index in [0.29, 0.717) is 11.4 Å². The summed E-state index contributed by atoms with van der Waals surface area (Å²) in [6, 6.07) is 14.6. The molecule has 0 saturated heterocycles. The zero-order chi connectivity index (χ0) is 21.0. The second-order valence-corrected chi connectivity index (χ2v) is 6.25. The van der Waals surface area contributed by atoms with E-state index in [9.17, 15) is 0 Å². The molecule has 11 heteroatoms. The lowest BCUT2D eigenvalue weighted by molar-refractivity contribution is 0.352. The van der Waals surface area contributed by atoms with Crippen LogP contribution in [-0.4, -0.2) is 45.7 Å². The molecule has 2 rings (SSSR count).